The number of rotatable bonds is 2. The Balaban J connectivity index is 2.62. The van der Waals surface area contributed by atoms with Crippen LogP contribution >= 0.6 is 34.8 Å². The summed E-state index contributed by atoms with van der Waals surface area (Å²) in [6.07, 6.45) is 0. The fourth-order valence-corrected chi connectivity index (χ4v) is 1.01. The maximum absolute atomic E-state index is 12.7. The summed E-state index contributed by atoms with van der Waals surface area (Å²) < 4.78 is 15.7. The van der Waals surface area contributed by atoms with Crippen LogP contribution in [0, 0.1) is 5.82 Å². The Morgan fingerprint density at radius 1 is 1.40 bits per heavy atom. The summed E-state index contributed by atoms with van der Waals surface area (Å²) in [5.74, 6) is -1.26. The van der Waals surface area contributed by atoms with E-state index in [1.165, 1.54) is 18.2 Å². The molecule has 6 heteroatoms. The lowest BCUT2D eigenvalue weighted by Crippen LogP contribution is -2.17. The number of carbonyl (C=O) groups is 1. The number of ether oxygens (including phenoxy) is 1. The monoisotopic (exact) mass is 270 g/mol. The van der Waals surface area contributed by atoms with Crippen LogP contribution in [0.15, 0.2) is 24.3 Å². The number of carbonyl (C=O) groups excluding carboxylic acids is 1. The maximum Gasteiger partial charge on any atom is 0.338 e. The molecule has 0 fully saturated rings. The standard InChI is InChI=1S/C9H6Cl3FO2/c10-9(11,12)5-15-8(14)6-2-1-3-7(13)4-6/h1-4H,5H2. The zero-order valence-electron chi connectivity index (χ0n) is 7.34. The smallest absolute Gasteiger partial charge is 0.338 e. The fraction of sp³-hybridized carbons (Fsp3) is 0.222. The SMILES string of the molecule is O=C(OCC(Cl)(Cl)Cl)c1cccc(F)c1. The van der Waals surface area contributed by atoms with E-state index in [9.17, 15) is 9.18 Å². The summed E-state index contributed by atoms with van der Waals surface area (Å²) in [4.78, 5) is 11.3. The summed E-state index contributed by atoms with van der Waals surface area (Å²) >= 11 is 16.1. The van der Waals surface area contributed by atoms with Gasteiger partial charge in [-0.3, -0.25) is 0 Å². The number of halogens is 4. The van der Waals surface area contributed by atoms with Crippen LogP contribution in [0.2, 0.25) is 0 Å². The predicted octanol–water partition coefficient (Wildman–Crippen LogP) is 3.35. The third kappa shape index (κ3) is 4.69. The van der Waals surface area contributed by atoms with Gasteiger partial charge in [0.15, 0.2) is 0 Å². The van der Waals surface area contributed by atoms with E-state index in [0.29, 0.717) is 0 Å². The molecule has 0 N–H and O–H groups in total. The lowest BCUT2D eigenvalue weighted by Gasteiger charge is -2.10. The predicted molar refractivity (Wildman–Crippen MR) is 57.0 cm³/mol. The Hall–Kier alpha value is -0.510. The molecular weight excluding hydrogens is 265 g/mol. The van der Waals surface area contributed by atoms with Crippen LogP contribution in [0.1, 0.15) is 10.4 Å². The Bertz CT molecular complexity index is 363. The minimum atomic E-state index is -1.66. The lowest BCUT2D eigenvalue weighted by atomic mass is 10.2. The van der Waals surface area contributed by atoms with Crippen LogP contribution in [0.5, 0.6) is 0 Å². The van der Waals surface area contributed by atoms with Crippen LogP contribution in [0.25, 0.3) is 0 Å². The maximum atomic E-state index is 12.7. The van der Waals surface area contributed by atoms with Crippen molar-refractivity contribution in [1.82, 2.24) is 0 Å². The highest BCUT2D eigenvalue weighted by atomic mass is 35.6. The van der Waals surface area contributed by atoms with Gasteiger partial charge < -0.3 is 4.74 Å². The Labute approximate surface area is 101 Å². The Morgan fingerprint density at radius 2 is 2.07 bits per heavy atom. The first kappa shape index (κ1) is 12.6. The first-order chi connectivity index (χ1) is 6.88. The van der Waals surface area contributed by atoms with Crippen molar-refractivity contribution in [1.29, 1.82) is 0 Å². The molecule has 0 aromatic heterocycles. The molecule has 15 heavy (non-hydrogen) atoms. The third-order valence-electron chi connectivity index (χ3n) is 1.43. The van der Waals surface area contributed by atoms with Gasteiger partial charge in [0.1, 0.15) is 12.4 Å². The average Bonchev–Trinajstić information content (AvgIpc) is 2.13. The summed E-state index contributed by atoms with van der Waals surface area (Å²) in [5, 5.41) is 0. The van der Waals surface area contributed by atoms with Crippen molar-refractivity contribution < 1.29 is 13.9 Å². The molecule has 0 bridgehead atoms. The number of hydrogen-bond acceptors (Lipinski definition) is 2. The van der Waals surface area contributed by atoms with Crippen molar-refractivity contribution in [3.05, 3.63) is 35.6 Å². The van der Waals surface area contributed by atoms with E-state index in [1.807, 2.05) is 0 Å². The van der Waals surface area contributed by atoms with E-state index in [0.717, 1.165) is 6.07 Å². The van der Waals surface area contributed by atoms with Crippen molar-refractivity contribution >= 4 is 40.8 Å². The lowest BCUT2D eigenvalue weighted by molar-refractivity contribution is 0.0511. The first-order valence-corrected chi connectivity index (χ1v) is 5.01. The average molecular weight is 272 g/mol. The van der Waals surface area contributed by atoms with Gasteiger partial charge in [0.05, 0.1) is 5.56 Å². The second kappa shape index (κ2) is 5.01. The van der Waals surface area contributed by atoms with Gasteiger partial charge in [-0.1, -0.05) is 40.9 Å². The molecule has 1 aromatic carbocycles. The minimum absolute atomic E-state index is 0.0734. The molecule has 0 amide bonds. The van der Waals surface area contributed by atoms with E-state index in [2.05, 4.69) is 4.74 Å². The first-order valence-electron chi connectivity index (χ1n) is 3.88. The van der Waals surface area contributed by atoms with Crippen LogP contribution in [0.3, 0.4) is 0 Å². The molecule has 2 nitrogen and oxygen atoms in total. The van der Waals surface area contributed by atoms with Gasteiger partial charge >= 0.3 is 5.97 Å². The van der Waals surface area contributed by atoms with Gasteiger partial charge in [0, 0.05) is 0 Å². The quantitative estimate of drug-likeness (QED) is 0.609. The van der Waals surface area contributed by atoms with Crippen LogP contribution < -0.4 is 0 Å². The van der Waals surface area contributed by atoms with Crippen molar-refractivity contribution in [3.63, 3.8) is 0 Å². The number of hydrogen-bond donors (Lipinski definition) is 0. The molecule has 82 valence electrons. The number of alkyl halides is 3. The molecule has 1 rings (SSSR count). The van der Waals surface area contributed by atoms with E-state index < -0.39 is 15.6 Å². The molecule has 0 unspecified atom stereocenters. The Morgan fingerprint density at radius 3 is 2.60 bits per heavy atom. The van der Waals surface area contributed by atoms with Gasteiger partial charge in [-0.25, -0.2) is 9.18 Å². The van der Waals surface area contributed by atoms with Gasteiger partial charge in [-0.15, -0.1) is 0 Å². The third-order valence-corrected chi connectivity index (χ3v) is 1.75. The van der Waals surface area contributed by atoms with E-state index in [4.69, 9.17) is 34.8 Å². The molecule has 0 aliphatic rings. The highest BCUT2D eigenvalue weighted by molar-refractivity contribution is 6.67. The molecule has 0 radical (unpaired) electrons. The molecule has 0 saturated heterocycles. The van der Waals surface area contributed by atoms with Gasteiger partial charge in [-0.05, 0) is 18.2 Å². The molecule has 0 aliphatic carbocycles. The van der Waals surface area contributed by atoms with E-state index in [-0.39, 0.29) is 12.2 Å². The second-order valence-corrected chi connectivity index (χ2v) is 5.22. The molecule has 0 spiro atoms. The zero-order valence-corrected chi connectivity index (χ0v) is 9.61. The van der Waals surface area contributed by atoms with Crippen molar-refractivity contribution in [2.24, 2.45) is 0 Å². The van der Waals surface area contributed by atoms with Gasteiger partial charge in [0.2, 0.25) is 3.79 Å². The van der Waals surface area contributed by atoms with Crippen LogP contribution in [-0.4, -0.2) is 16.4 Å². The van der Waals surface area contributed by atoms with E-state index >= 15 is 0 Å². The molecule has 0 saturated carbocycles. The van der Waals surface area contributed by atoms with Crippen LogP contribution in [0.4, 0.5) is 4.39 Å². The van der Waals surface area contributed by atoms with Crippen molar-refractivity contribution in [2.75, 3.05) is 6.61 Å². The largest absolute Gasteiger partial charge is 0.458 e. The topological polar surface area (TPSA) is 26.3 Å². The molecule has 1 aromatic rings. The van der Waals surface area contributed by atoms with E-state index in [1.54, 1.807) is 0 Å². The van der Waals surface area contributed by atoms with Crippen molar-refractivity contribution in [3.8, 4) is 0 Å². The molecule has 0 heterocycles. The molecule has 0 atom stereocenters. The Kier molecular flexibility index (Phi) is 4.20. The summed E-state index contributed by atoms with van der Waals surface area (Å²) in [7, 11) is 0. The second-order valence-electron chi connectivity index (χ2n) is 2.70. The fourth-order valence-electron chi connectivity index (χ4n) is 0.846. The normalized spacial score (nSPS) is 11.2. The molecule has 0 aliphatic heterocycles. The summed E-state index contributed by atoms with van der Waals surface area (Å²) in [6, 6.07) is 5.05. The van der Waals surface area contributed by atoms with Gasteiger partial charge in [0.25, 0.3) is 0 Å². The summed E-state index contributed by atoms with van der Waals surface area (Å²) in [6.45, 7) is -0.382. The highest BCUT2D eigenvalue weighted by Gasteiger charge is 2.22. The van der Waals surface area contributed by atoms with Crippen molar-refractivity contribution in [2.45, 2.75) is 3.79 Å². The van der Waals surface area contributed by atoms with Crippen LogP contribution in [-0.2, 0) is 4.74 Å². The highest BCUT2D eigenvalue weighted by Crippen LogP contribution is 2.26. The summed E-state index contributed by atoms with van der Waals surface area (Å²) in [5.41, 5.74) is 0.0734. The number of esters is 1. The minimum Gasteiger partial charge on any atom is -0.458 e. The number of benzene rings is 1. The van der Waals surface area contributed by atoms with Gasteiger partial charge in [-0.2, -0.15) is 0 Å². The zero-order chi connectivity index (χ0) is 11.5. The molecular formula is C9H6Cl3FO2.